The number of ketones is 1. The number of carbonyl (C=O) groups is 2. The minimum Gasteiger partial charge on any atom is -0.366 e. The van der Waals surface area contributed by atoms with Gasteiger partial charge in [0.25, 0.3) is 5.91 Å². The molecule has 0 saturated carbocycles. The van der Waals surface area contributed by atoms with Crippen LogP contribution in [-0.4, -0.2) is 36.8 Å². The summed E-state index contributed by atoms with van der Waals surface area (Å²) in [4.78, 5) is 35.8. The highest BCUT2D eigenvalue weighted by atomic mass is 19.1. The van der Waals surface area contributed by atoms with Crippen molar-refractivity contribution in [1.82, 2.24) is 25.1 Å². The van der Waals surface area contributed by atoms with Crippen molar-refractivity contribution in [2.45, 2.75) is 0 Å². The van der Waals surface area contributed by atoms with Gasteiger partial charge in [-0.15, -0.1) is 0 Å². The van der Waals surface area contributed by atoms with Crippen molar-refractivity contribution in [2.24, 2.45) is 5.73 Å². The molecule has 0 unspecified atom stereocenters. The van der Waals surface area contributed by atoms with Crippen LogP contribution >= 0.6 is 0 Å². The van der Waals surface area contributed by atoms with E-state index < -0.39 is 34.5 Å². The van der Waals surface area contributed by atoms with Gasteiger partial charge in [-0.05, 0) is 24.3 Å². The van der Waals surface area contributed by atoms with E-state index in [4.69, 9.17) is 5.73 Å². The molecule has 1 amide bonds. The van der Waals surface area contributed by atoms with Crippen molar-refractivity contribution in [3.8, 4) is 11.1 Å². The fourth-order valence-corrected chi connectivity index (χ4v) is 3.43. The Bertz CT molecular complexity index is 1520. The topological polar surface area (TPSA) is 130 Å². The molecule has 0 spiro atoms. The number of amides is 1. The van der Waals surface area contributed by atoms with Crippen molar-refractivity contribution in [3.63, 3.8) is 0 Å². The predicted octanol–water partition coefficient (Wildman–Crippen LogP) is 3.11. The zero-order valence-corrected chi connectivity index (χ0v) is 15.6. The quantitative estimate of drug-likeness (QED) is 0.386. The Morgan fingerprint density at radius 3 is 2.45 bits per heavy atom. The summed E-state index contributed by atoms with van der Waals surface area (Å²) in [6.07, 6.45) is 6.15. The number of H-pyrrole nitrogens is 2. The summed E-state index contributed by atoms with van der Waals surface area (Å²) < 4.78 is 29.0. The maximum absolute atomic E-state index is 14.7. The van der Waals surface area contributed by atoms with Gasteiger partial charge in [-0.1, -0.05) is 0 Å². The second-order valence-electron chi connectivity index (χ2n) is 6.83. The van der Waals surface area contributed by atoms with E-state index in [0.29, 0.717) is 22.2 Å². The first-order chi connectivity index (χ1) is 14.9. The lowest BCUT2D eigenvalue weighted by molar-refractivity contribution is 0.0996. The van der Waals surface area contributed by atoms with E-state index in [2.05, 4.69) is 25.1 Å². The SMILES string of the molecule is NC(=O)c1ccc(F)c(C(=O)c2c[nH]c3ncc(-c4cnc5[nH]ncc5c4)cc23)c1F. The maximum Gasteiger partial charge on any atom is 0.251 e. The van der Waals surface area contributed by atoms with Gasteiger partial charge < -0.3 is 10.7 Å². The molecule has 5 rings (SSSR count). The molecule has 152 valence electrons. The van der Waals surface area contributed by atoms with Crippen LogP contribution in [0.1, 0.15) is 26.3 Å². The molecule has 0 fully saturated rings. The van der Waals surface area contributed by atoms with Crippen molar-refractivity contribution in [3.05, 3.63) is 77.4 Å². The smallest absolute Gasteiger partial charge is 0.251 e. The Kier molecular flexibility index (Phi) is 4.07. The van der Waals surface area contributed by atoms with Gasteiger partial charge in [-0.2, -0.15) is 5.10 Å². The molecule has 31 heavy (non-hydrogen) atoms. The molecule has 0 aliphatic rings. The summed E-state index contributed by atoms with van der Waals surface area (Å²) >= 11 is 0. The average Bonchev–Trinajstić information content (AvgIpc) is 3.39. The van der Waals surface area contributed by atoms with Crippen LogP contribution in [0, 0.1) is 11.6 Å². The normalized spacial score (nSPS) is 11.3. The van der Waals surface area contributed by atoms with Gasteiger partial charge in [0.1, 0.15) is 17.3 Å². The number of halogens is 2. The third-order valence-corrected chi connectivity index (χ3v) is 4.98. The van der Waals surface area contributed by atoms with Crippen molar-refractivity contribution < 1.29 is 18.4 Å². The lowest BCUT2D eigenvalue weighted by Crippen LogP contribution is -2.17. The average molecular weight is 418 g/mol. The van der Waals surface area contributed by atoms with Gasteiger partial charge in [0.05, 0.1) is 17.3 Å². The number of pyridine rings is 2. The van der Waals surface area contributed by atoms with Crippen LogP contribution in [0.15, 0.2) is 49.1 Å². The molecule has 4 heterocycles. The number of hydrogen-bond donors (Lipinski definition) is 3. The van der Waals surface area contributed by atoms with E-state index in [1.54, 1.807) is 24.7 Å². The molecule has 4 N–H and O–H groups in total. The Labute approximate surface area is 172 Å². The van der Waals surface area contributed by atoms with Gasteiger partial charge in [-0.25, -0.2) is 18.7 Å². The molecule has 1 aromatic carbocycles. The van der Waals surface area contributed by atoms with Gasteiger partial charge in [0, 0.05) is 46.1 Å². The van der Waals surface area contributed by atoms with Gasteiger partial charge in [-0.3, -0.25) is 14.7 Å². The molecule has 0 aliphatic carbocycles. The molecule has 0 atom stereocenters. The Balaban J connectivity index is 1.64. The highest BCUT2D eigenvalue weighted by Gasteiger charge is 2.26. The standard InChI is InChI=1S/C21H12F2N6O2/c22-15-2-1-12(19(24)31)17(23)16(15)18(30)14-8-27-21-13(14)4-10(6-26-21)9-3-11-7-28-29-20(11)25-5-9/h1-8H,(H2,24,31)(H,26,27)(H,25,28,29). The van der Waals surface area contributed by atoms with E-state index >= 15 is 0 Å². The Hall–Kier alpha value is -4.47. The third-order valence-electron chi connectivity index (χ3n) is 4.98. The highest BCUT2D eigenvalue weighted by Crippen LogP contribution is 2.28. The Morgan fingerprint density at radius 1 is 0.935 bits per heavy atom. The number of nitrogens with two attached hydrogens (primary N) is 1. The van der Waals surface area contributed by atoms with E-state index in [9.17, 15) is 18.4 Å². The number of aromatic nitrogens is 5. The van der Waals surface area contributed by atoms with Gasteiger partial charge in [0.15, 0.2) is 5.65 Å². The van der Waals surface area contributed by atoms with Crippen LogP contribution in [0.4, 0.5) is 8.78 Å². The number of aromatic amines is 2. The number of carbonyl (C=O) groups excluding carboxylic acids is 2. The first-order valence-corrected chi connectivity index (χ1v) is 9.03. The van der Waals surface area contributed by atoms with Crippen LogP contribution in [0.3, 0.4) is 0 Å². The summed E-state index contributed by atoms with van der Waals surface area (Å²) in [5.41, 5.74) is 6.03. The van der Waals surface area contributed by atoms with Gasteiger partial charge >= 0.3 is 0 Å². The molecule has 5 aromatic rings. The summed E-state index contributed by atoms with van der Waals surface area (Å²) in [5.74, 6) is -4.44. The van der Waals surface area contributed by atoms with Crippen molar-refractivity contribution in [1.29, 1.82) is 0 Å². The zero-order valence-electron chi connectivity index (χ0n) is 15.6. The zero-order chi connectivity index (χ0) is 21.7. The summed E-state index contributed by atoms with van der Waals surface area (Å²) in [6, 6.07) is 5.25. The van der Waals surface area contributed by atoms with Crippen LogP contribution in [0.2, 0.25) is 0 Å². The third kappa shape index (κ3) is 2.92. The fraction of sp³-hybridized carbons (Fsp3) is 0. The molecule has 8 nitrogen and oxygen atoms in total. The molecule has 0 bridgehead atoms. The minimum atomic E-state index is -1.30. The minimum absolute atomic E-state index is 0.00104. The lowest BCUT2D eigenvalue weighted by atomic mass is 9.98. The van der Waals surface area contributed by atoms with Gasteiger partial charge in [0.2, 0.25) is 5.78 Å². The Morgan fingerprint density at radius 2 is 1.68 bits per heavy atom. The molecule has 10 heteroatoms. The first-order valence-electron chi connectivity index (χ1n) is 9.03. The number of primary amides is 1. The number of hydrogen-bond acceptors (Lipinski definition) is 5. The molecular weight excluding hydrogens is 406 g/mol. The second kappa shape index (κ2) is 6.80. The second-order valence-corrected chi connectivity index (χ2v) is 6.83. The molecule has 0 radical (unpaired) electrons. The summed E-state index contributed by atoms with van der Waals surface area (Å²) in [6.45, 7) is 0. The number of rotatable bonds is 4. The van der Waals surface area contributed by atoms with Crippen LogP contribution in [0.25, 0.3) is 33.2 Å². The maximum atomic E-state index is 14.7. The number of nitrogens with one attached hydrogen (secondary N) is 2. The van der Waals surface area contributed by atoms with E-state index in [-0.39, 0.29) is 5.56 Å². The fourth-order valence-electron chi connectivity index (χ4n) is 3.43. The molecular formula is C21H12F2N6O2. The largest absolute Gasteiger partial charge is 0.366 e. The van der Waals surface area contributed by atoms with Crippen molar-refractivity contribution >= 4 is 33.8 Å². The van der Waals surface area contributed by atoms with E-state index in [1.165, 1.54) is 6.20 Å². The molecule has 0 aliphatic heterocycles. The molecule has 0 saturated heterocycles. The van der Waals surface area contributed by atoms with Crippen LogP contribution < -0.4 is 5.73 Å². The number of benzene rings is 1. The van der Waals surface area contributed by atoms with Crippen molar-refractivity contribution in [2.75, 3.05) is 0 Å². The van der Waals surface area contributed by atoms with E-state index in [1.807, 2.05) is 6.07 Å². The highest BCUT2D eigenvalue weighted by molar-refractivity contribution is 6.17. The monoisotopic (exact) mass is 418 g/mol. The molecule has 4 aromatic heterocycles. The summed E-state index contributed by atoms with van der Waals surface area (Å²) in [7, 11) is 0. The summed E-state index contributed by atoms with van der Waals surface area (Å²) in [5, 5.41) is 7.83. The number of fused-ring (bicyclic) bond motifs is 2. The predicted molar refractivity (Wildman–Crippen MR) is 107 cm³/mol. The lowest BCUT2D eigenvalue weighted by Gasteiger charge is -2.07. The van der Waals surface area contributed by atoms with E-state index in [0.717, 1.165) is 23.1 Å². The first kappa shape index (κ1) is 18.6. The van der Waals surface area contributed by atoms with Crippen LogP contribution in [0.5, 0.6) is 0 Å². The number of nitrogens with zero attached hydrogens (tertiary/aromatic N) is 3. The van der Waals surface area contributed by atoms with Crippen LogP contribution in [-0.2, 0) is 0 Å².